The summed E-state index contributed by atoms with van der Waals surface area (Å²) in [5.41, 5.74) is -5.77. The number of aryl methyl sites for hydroxylation is 1. The van der Waals surface area contributed by atoms with E-state index in [-0.39, 0.29) is 37.3 Å². The molecule has 40 heavy (non-hydrogen) atoms. The molecular weight excluding hydrogens is 542 g/mol. The van der Waals surface area contributed by atoms with Crippen molar-refractivity contribution >= 4 is 11.9 Å². The molecule has 1 aliphatic carbocycles. The molecule has 0 radical (unpaired) electrons. The first-order chi connectivity index (χ1) is 18.5. The predicted octanol–water partition coefficient (Wildman–Crippen LogP) is 8.02. The highest BCUT2D eigenvalue weighted by Gasteiger charge is 2.67. The standard InChI is InChI=1S/C29H32F6O5/c1-5-26(24(36)37)12-11-22(23(27(26,6-2)25(38)39)21-10-8-7-9-16(21)3)40-17(4)18-13-19(28(30,31)32)15-20(14-18)29(33,34)35/h7-10,13-15,17,22-23H,5-6,11-12H2,1-4H3,(H,36,37)(H,38,39)/t17-,22+,23+,26-,27-/m1/s1. The SMILES string of the molecule is CC[C@]1(C(=O)O)CC[C@H](O[C@H](C)c2cc(C(F)(F)F)cc(C(F)(F)F)c2)[C@H](c2ccccc2C)[C@]1(CC)C(=O)O. The first-order valence-corrected chi connectivity index (χ1v) is 12.9. The summed E-state index contributed by atoms with van der Waals surface area (Å²) < 4.78 is 87.1. The van der Waals surface area contributed by atoms with E-state index in [1.807, 2.05) is 0 Å². The first kappa shape index (κ1) is 31.4. The summed E-state index contributed by atoms with van der Waals surface area (Å²) in [5, 5.41) is 21.1. The van der Waals surface area contributed by atoms with E-state index in [0.29, 0.717) is 23.3 Å². The fourth-order valence-corrected chi connectivity index (χ4v) is 6.48. The minimum Gasteiger partial charge on any atom is -0.481 e. The van der Waals surface area contributed by atoms with Gasteiger partial charge in [0, 0.05) is 5.92 Å². The maximum Gasteiger partial charge on any atom is 0.416 e. The Balaban J connectivity index is 2.21. The Morgan fingerprint density at radius 1 is 0.950 bits per heavy atom. The topological polar surface area (TPSA) is 83.8 Å². The fourth-order valence-electron chi connectivity index (χ4n) is 6.48. The van der Waals surface area contributed by atoms with Gasteiger partial charge in [-0.15, -0.1) is 0 Å². The van der Waals surface area contributed by atoms with Crippen LogP contribution in [0.3, 0.4) is 0 Å². The highest BCUT2D eigenvalue weighted by Crippen LogP contribution is 2.62. The number of carboxylic acids is 2. The van der Waals surface area contributed by atoms with Gasteiger partial charge in [0.05, 0.1) is 34.2 Å². The summed E-state index contributed by atoms with van der Waals surface area (Å²) >= 11 is 0. The van der Waals surface area contributed by atoms with Crippen molar-refractivity contribution in [2.75, 3.05) is 0 Å². The van der Waals surface area contributed by atoms with Crippen LogP contribution < -0.4 is 0 Å². The summed E-state index contributed by atoms with van der Waals surface area (Å²) in [6.45, 7) is 6.20. The van der Waals surface area contributed by atoms with Crippen LogP contribution in [0.5, 0.6) is 0 Å². The van der Waals surface area contributed by atoms with Crippen molar-refractivity contribution in [3.63, 3.8) is 0 Å². The maximum atomic E-state index is 13.5. The largest absolute Gasteiger partial charge is 0.481 e. The summed E-state index contributed by atoms with van der Waals surface area (Å²) in [5.74, 6) is -3.69. The number of rotatable bonds is 8. The monoisotopic (exact) mass is 574 g/mol. The zero-order valence-electron chi connectivity index (χ0n) is 22.5. The minimum atomic E-state index is -5.05. The predicted molar refractivity (Wildman–Crippen MR) is 134 cm³/mol. The molecule has 5 nitrogen and oxygen atoms in total. The molecule has 0 saturated heterocycles. The number of hydrogen-bond acceptors (Lipinski definition) is 3. The molecule has 0 aromatic heterocycles. The van der Waals surface area contributed by atoms with Gasteiger partial charge in [-0.05, 0) is 74.4 Å². The highest BCUT2D eigenvalue weighted by atomic mass is 19.4. The van der Waals surface area contributed by atoms with E-state index in [4.69, 9.17) is 4.74 Å². The number of carbonyl (C=O) groups is 2. The van der Waals surface area contributed by atoms with Crippen molar-refractivity contribution in [3.8, 4) is 0 Å². The second-order valence-corrected chi connectivity index (χ2v) is 10.4. The van der Waals surface area contributed by atoms with Gasteiger partial charge in [-0.1, -0.05) is 38.1 Å². The van der Waals surface area contributed by atoms with E-state index in [0.717, 1.165) is 0 Å². The van der Waals surface area contributed by atoms with Crippen LogP contribution in [-0.2, 0) is 26.7 Å². The highest BCUT2D eigenvalue weighted by molar-refractivity contribution is 5.88. The zero-order chi connectivity index (χ0) is 30.3. The van der Waals surface area contributed by atoms with Crippen molar-refractivity contribution in [1.29, 1.82) is 0 Å². The third-order valence-corrected chi connectivity index (χ3v) is 8.55. The molecule has 0 unspecified atom stereocenters. The summed E-state index contributed by atoms with van der Waals surface area (Å²) in [6.07, 6.45) is -12.6. The Bertz CT molecular complexity index is 1220. The van der Waals surface area contributed by atoms with E-state index in [9.17, 15) is 46.1 Å². The number of aliphatic carboxylic acids is 2. The van der Waals surface area contributed by atoms with E-state index in [1.54, 1.807) is 45.0 Å². The average Bonchev–Trinajstić information content (AvgIpc) is 2.87. The Morgan fingerprint density at radius 3 is 1.93 bits per heavy atom. The van der Waals surface area contributed by atoms with Crippen LogP contribution in [0, 0.1) is 17.8 Å². The molecular formula is C29H32F6O5. The molecule has 220 valence electrons. The average molecular weight is 575 g/mol. The van der Waals surface area contributed by atoms with Crippen molar-refractivity contribution in [3.05, 3.63) is 70.3 Å². The third-order valence-electron chi connectivity index (χ3n) is 8.55. The summed E-state index contributed by atoms with van der Waals surface area (Å²) in [4.78, 5) is 25.9. The van der Waals surface area contributed by atoms with Gasteiger partial charge < -0.3 is 14.9 Å². The third kappa shape index (κ3) is 5.32. The molecule has 0 bridgehead atoms. The lowest BCUT2D eigenvalue weighted by molar-refractivity contribution is -0.196. The van der Waals surface area contributed by atoms with Crippen molar-refractivity contribution in [1.82, 2.24) is 0 Å². The van der Waals surface area contributed by atoms with Gasteiger partial charge in [-0.2, -0.15) is 26.3 Å². The lowest BCUT2D eigenvalue weighted by atomic mass is 9.47. The molecule has 0 aliphatic heterocycles. The molecule has 0 amide bonds. The lowest BCUT2D eigenvalue weighted by Gasteiger charge is -2.55. The van der Waals surface area contributed by atoms with Gasteiger partial charge in [0.1, 0.15) is 0 Å². The minimum absolute atomic E-state index is 0.00427. The Labute approximate surface area is 228 Å². The Kier molecular flexibility index (Phi) is 8.70. The molecule has 1 fully saturated rings. The molecule has 2 N–H and O–H groups in total. The number of ether oxygens (including phenoxy) is 1. The van der Waals surface area contributed by atoms with Crippen LogP contribution in [0.15, 0.2) is 42.5 Å². The molecule has 3 rings (SSSR count). The second-order valence-electron chi connectivity index (χ2n) is 10.4. The first-order valence-electron chi connectivity index (χ1n) is 12.9. The van der Waals surface area contributed by atoms with Gasteiger partial charge in [-0.25, -0.2) is 0 Å². The molecule has 1 aliphatic rings. The number of hydrogen-bond donors (Lipinski definition) is 2. The molecule has 2 aromatic rings. The van der Waals surface area contributed by atoms with E-state index >= 15 is 0 Å². The fraction of sp³-hybridized carbons (Fsp3) is 0.517. The molecule has 2 aromatic carbocycles. The smallest absolute Gasteiger partial charge is 0.416 e. The molecule has 1 saturated carbocycles. The zero-order valence-corrected chi connectivity index (χ0v) is 22.5. The molecule has 5 atom stereocenters. The van der Waals surface area contributed by atoms with Crippen LogP contribution in [0.2, 0.25) is 0 Å². The van der Waals surface area contributed by atoms with Crippen molar-refractivity contribution in [2.45, 2.75) is 83.9 Å². The van der Waals surface area contributed by atoms with Crippen LogP contribution in [0.25, 0.3) is 0 Å². The van der Waals surface area contributed by atoms with E-state index < -0.39 is 64.4 Å². The van der Waals surface area contributed by atoms with Crippen molar-refractivity contribution in [2.24, 2.45) is 10.8 Å². The number of halogens is 6. The van der Waals surface area contributed by atoms with Crippen molar-refractivity contribution < 1.29 is 50.9 Å². The number of alkyl halides is 6. The van der Waals surface area contributed by atoms with Crippen LogP contribution in [0.1, 0.15) is 86.3 Å². The van der Waals surface area contributed by atoms with E-state index in [2.05, 4.69) is 0 Å². The lowest BCUT2D eigenvalue weighted by Crippen LogP contribution is -2.61. The molecule has 11 heteroatoms. The van der Waals surface area contributed by atoms with Crippen LogP contribution >= 0.6 is 0 Å². The van der Waals surface area contributed by atoms with Gasteiger partial charge in [-0.3, -0.25) is 9.59 Å². The van der Waals surface area contributed by atoms with Gasteiger partial charge in [0.15, 0.2) is 0 Å². The summed E-state index contributed by atoms with van der Waals surface area (Å²) in [7, 11) is 0. The Morgan fingerprint density at radius 2 is 1.50 bits per heavy atom. The number of carboxylic acid groups (broad SMARTS) is 2. The maximum absolute atomic E-state index is 13.5. The molecule has 0 spiro atoms. The van der Waals surface area contributed by atoms with Gasteiger partial charge in [0.2, 0.25) is 0 Å². The van der Waals surface area contributed by atoms with Gasteiger partial charge in [0.25, 0.3) is 0 Å². The van der Waals surface area contributed by atoms with E-state index in [1.165, 1.54) is 6.92 Å². The normalized spacial score (nSPS) is 26.4. The number of benzene rings is 2. The van der Waals surface area contributed by atoms with Crippen LogP contribution in [0.4, 0.5) is 26.3 Å². The molecule has 0 heterocycles. The summed E-state index contributed by atoms with van der Waals surface area (Å²) in [6, 6.07) is 7.97. The quantitative estimate of drug-likeness (QED) is 0.312. The second kappa shape index (κ2) is 11.1. The van der Waals surface area contributed by atoms with Gasteiger partial charge >= 0.3 is 24.3 Å². The Hall–Kier alpha value is -3.08. The van der Waals surface area contributed by atoms with Crippen LogP contribution in [-0.4, -0.2) is 28.3 Å².